The number of carbonyl (C=O) groups is 2. The number of benzene rings is 1. The lowest BCUT2D eigenvalue weighted by Crippen LogP contribution is -2.44. The fraction of sp³-hybridized carbons (Fsp3) is 0.263. The van der Waals surface area contributed by atoms with Gasteiger partial charge in [-0.3, -0.25) is 9.59 Å². The Morgan fingerprint density at radius 2 is 2.11 bits per heavy atom. The summed E-state index contributed by atoms with van der Waals surface area (Å²) in [7, 11) is 0. The van der Waals surface area contributed by atoms with Crippen molar-refractivity contribution in [2.45, 2.75) is 32.0 Å². The Morgan fingerprint density at radius 1 is 1.26 bits per heavy atom. The minimum Gasteiger partial charge on any atom is -0.345 e. The predicted octanol–water partition coefficient (Wildman–Crippen LogP) is 2.61. The third-order valence-electron chi connectivity index (χ3n) is 4.45. The number of thiophene rings is 1. The highest BCUT2D eigenvalue weighted by atomic mass is 32.1. The predicted molar refractivity (Wildman–Crippen MR) is 99.5 cm³/mol. The van der Waals surface area contributed by atoms with Gasteiger partial charge in [0, 0.05) is 13.0 Å². The Labute approximate surface area is 160 Å². The lowest BCUT2D eigenvalue weighted by molar-refractivity contribution is -0.135. The van der Waals surface area contributed by atoms with Crippen molar-refractivity contribution in [2.75, 3.05) is 0 Å². The van der Waals surface area contributed by atoms with Gasteiger partial charge in [0.2, 0.25) is 23.5 Å². The molecule has 1 aromatic carbocycles. The van der Waals surface area contributed by atoms with Crippen molar-refractivity contribution in [3.63, 3.8) is 0 Å². The second-order valence-corrected chi connectivity index (χ2v) is 7.22. The van der Waals surface area contributed by atoms with Crippen molar-refractivity contribution < 1.29 is 14.1 Å². The second kappa shape index (κ2) is 7.71. The average molecular weight is 382 g/mol. The van der Waals surface area contributed by atoms with E-state index in [1.807, 2.05) is 47.8 Å². The zero-order valence-corrected chi connectivity index (χ0v) is 15.3. The molecule has 3 aromatic rings. The maximum absolute atomic E-state index is 12.6. The first-order valence-electron chi connectivity index (χ1n) is 8.68. The number of hydrogen-bond acceptors (Lipinski definition) is 6. The Hall–Kier alpha value is -3.00. The SMILES string of the molecule is O=C(NCc1nc(-c2cccs2)no1)C1CCC(=O)N1Cc1ccccc1. The Bertz CT molecular complexity index is 924. The summed E-state index contributed by atoms with van der Waals surface area (Å²) in [5, 5.41) is 8.67. The molecule has 0 spiro atoms. The van der Waals surface area contributed by atoms with Crippen LogP contribution in [0.1, 0.15) is 24.3 Å². The first kappa shape index (κ1) is 17.4. The van der Waals surface area contributed by atoms with Gasteiger partial charge in [-0.1, -0.05) is 41.6 Å². The molecule has 1 fully saturated rings. The average Bonchev–Trinajstić information content (AvgIpc) is 3.42. The maximum Gasteiger partial charge on any atom is 0.246 e. The van der Waals surface area contributed by atoms with Crippen LogP contribution in [-0.2, 0) is 22.7 Å². The van der Waals surface area contributed by atoms with Gasteiger partial charge in [0.05, 0.1) is 11.4 Å². The van der Waals surface area contributed by atoms with Crippen LogP contribution in [-0.4, -0.2) is 32.9 Å². The molecule has 1 atom stereocenters. The van der Waals surface area contributed by atoms with Crippen LogP contribution in [0.25, 0.3) is 10.7 Å². The molecule has 1 N–H and O–H groups in total. The van der Waals surface area contributed by atoms with Crippen molar-refractivity contribution in [3.05, 3.63) is 59.3 Å². The minimum atomic E-state index is -0.475. The number of hydrogen-bond donors (Lipinski definition) is 1. The molecule has 2 amide bonds. The molecule has 0 aliphatic carbocycles. The number of likely N-dealkylation sites (tertiary alicyclic amines) is 1. The summed E-state index contributed by atoms with van der Waals surface area (Å²) in [6.07, 6.45) is 0.899. The fourth-order valence-electron chi connectivity index (χ4n) is 3.10. The Balaban J connectivity index is 1.38. The van der Waals surface area contributed by atoms with E-state index in [2.05, 4.69) is 15.5 Å². The first-order valence-corrected chi connectivity index (χ1v) is 9.56. The molecule has 1 aliphatic rings. The zero-order chi connectivity index (χ0) is 18.6. The second-order valence-electron chi connectivity index (χ2n) is 6.27. The van der Waals surface area contributed by atoms with E-state index in [-0.39, 0.29) is 18.4 Å². The number of carbonyl (C=O) groups excluding carboxylic acids is 2. The molecule has 138 valence electrons. The molecule has 0 saturated carbocycles. The standard InChI is InChI=1S/C19H18N4O3S/c24-17-9-8-14(23(17)12-13-5-2-1-3-6-13)19(25)20-11-16-21-18(22-26-16)15-7-4-10-27-15/h1-7,10,14H,8-9,11-12H2,(H,20,25). The van der Waals surface area contributed by atoms with E-state index in [0.717, 1.165) is 10.4 Å². The van der Waals surface area contributed by atoms with E-state index in [1.165, 1.54) is 11.3 Å². The number of amides is 2. The summed E-state index contributed by atoms with van der Waals surface area (Å²) in [5.74, 6) is 0.645. The molecule has 0 radical (unpaired) electrons. The number of rotatable bonds is 6. The highest BCUT2D eigenvalue weighted by Crippen LogP contribution is 2.23. The van der Waals surface area contributed by atoms with E-state index in [0.29, 0.717) is 31.1 Å². The third kappa shape index (κ3) is 3.90. The van der Waals surface area contributed by atoms with Gasteiger partial charge in [0.15, 0.2) is 0 Å². The van der Waals surface area contributed by atoms with E-state index in [4.69, 9.17) is 4.52 Å². The minimum absolute atomic E-state index is 0.00299. The van der Waals surface area contributed by atoms with Crippen LogP contribution in [0.15, 0.2) is 52.4 Å². The molecule has 1 unspecified atom stereocenters. The quantitative estimate of drug-likeness (QED) is 0.708. The van der Waals surface area contributed by atoms with Gasteiger partial charge in [-0.15, -0.1) is 11.3 Å². The van der Waals surface area contributed by atoms with Crippen LogP contribution in [0.2, 0.25) is 0 Å². The summed E-state index contributed by atoms with van der Waals surface area (Å²) in [6.45, 7) is 0.571. The van der Waals surface area contributed by atoms with Crippen molar-refractivity contribution in [1.82, 2.24) is 20.4 Å². The molecule has 2 aromatic heterocycles. The van der Waals surface area contributed by atoms with E-state index in [1.54, 1.807) is 4.90 Å². The molecule has 0 bridgehead atoms. The van der Waals surface area contributed by atoms with E-state index >= 15 is 0 Å². The van der Waals surface area contributed by atoms with Crippen LogP contribution in [0.4, 0.5) is 0 Å². The summed E-state index contributed by atoms with van der Waals surface area (Å²) in [4.78, 5) is 31.7. The van der Waals surface area contributed by atoms with Gasteiger partial charge in [-0.05, 0) is 23.4 Å². The van der Waals surface area contributed by atoms with Crippen LogP contribution in [0.5, 0.6) is 0 Å². The summed E-state index contributed by atoms with van der Waals surface area (Å²) < 4.78 is 5.20. The van der Waals surface area contributed by atoms with Crippen LogP contribution >= 0.6 is 11.3 Å². The van der Waals surface area contributed by atoms with Crippen LogP contribution < -0.4 is 5.32 Å². The first-order chi connectivity index (χ1) is 13.2. The largest absolute Gasteiger partial charge is 0.345 e. The van der Waals surface area contributed by atoms with Gasteiger partial charge >= 0.3 is 0 Å². The Kier molecular flexibility index (Phi) is 4.97. The number of nitrogens with zero attached hydrogens (tertiary/aromatic N) is 3. The van der Waals surface area contributed by atoms with E-state index < -0.39 is 6.04 Å². The highest BCUT2D eigenvalue weighted by Gasteiger charge is 2.35. The van der Waals surface area contributed by atoms with Crippen molar-refractivity contribution in [1.29, 1.82) is 0 Å². The van der Waals surface area contributed by atoms with Gasteiger partial charge in [-0.2, -0.15) is 4.98 Å². The van der Waals surface area contributed by atoms with Gasteiger partial charge < -0.3 is 14.7 Å². The van der Waals surface area contributed by atoms with E-state index in [9.17, 15) is 9.59 Å². The molecular formula is C19H18N4O3S. The third-order valence-corrected chi connectivity index (χ3v) is 5.32. The molecule has 27 heavy (non-hydrogen) atoms. The topological polar surface area (TPSA) is 88.3 Å². The van der Waals surface area contributed by atoms with Gasteiger partial charge in [-0.25, -0.2) is 0 Å². The van der Waals surface area contributed by atoms with Gasteiger partial charge in [0.25, 0.3) is 0 Å². The zero-order valence-electron chi connectivity index (χ0n) is 14.5. The Morgan fingerprint density at radius 3 is 2.89 bits per heavy atom. The molecule has 8 heteroatoms. The summed E-state index contributed by atoms with van der Waals surface area (Å²) in [5.41, 5.74) is 1.00. The lowest BCUT2D eigenvalue weighted by Gasteiger charge is -2.24. The fourth-order valence-corrected chi connectivity index (χ4v) is 3.75. The summed E-state index contributed by atoms with van der Waals surface area (Å²) >= 11 is 1.52. The normalized spacial score (nSPS) is 16.7. The molecule has 3 heterocycles. The van der Waals surface area contributed by atoms with Crippen molar-refractivity contribution in [2.24, 2.45) is 0 Å². The monoisotopic (exact) mass is 382 g/mol. The maximum atomic E-state index is 12.6. The van der Waals surface area contributed by atoms with Crippen LogP contribution in [0.3, 0.4) is 0 Å². The van der Waals surface area contributed by atoms with Crippen molar-refractivity contribution in [3.8, 4) is 10.7 Å². The number of nitrogens with one attached hydrogen (secondary N) is 1. The molecule has 1 saturated heterocycles. The van der Waals surface area contributed by atoms with Gasteiger partial charge in [0.1, 0.15) is 6.04 Å². The lowest BCUT2D eigenvalue weighted by atomic mass is 10.1. The summed E-state index contributed by atoms with van der Waals surface area (Å²) in [6, 6.07) is 13.0. The van der Waals surface area contributed by atoms with Crippen LogP contribution in [0, 0.1) is 0 Å². The van der Waals surface area contributed by atoms with Crippen molar-refractivity contribution >= 4 is 23.2 Å². The number of aromatic nitrogens is 2. The molecule has 1 aliphatic heterocycles. The molecular weight excluding hydrogens is 364 g/mol. The molecule has 4 rings (SSSR count). The highest BCUT2D eigenvalue weighted by molar-refractivity contribution is 7.13. The molecule has 7 nitrogen and oxygen atoms in total. The smallest absolute Gasteiger partial charge is 0.246 e.